The van der Waals surface area contributed by atoms with Crippen LogP contribution in [-0.4, -0.2) is 29.9 Å². The van der Waals surface area contributed by atoms with Crippen molar-refractivity contribution in [1.29, 1.82) is 0 Å². The minimum atomic E-state index is -0.166. The molecule has 2 atom stereocenters. The van der Waals surface area contributed by atoms with Crippen molar-refractivity contribution in [2.75, 3.05) is 18.4 Å². The van der Waals surface area contributed by atoms with Gasteiger partial charge < -0.3 is 10.2 Å². The smallest absolute Gasteiger partial charge is 0.244 e. The normalized spacial score (nSPS) is 20.6. The number of nitrogens with zero attached hydrogens (tertiary/aromatic N) is 1. The Labute approximate surface area is 122 Å². The fourth-order valence-electron chi connectivity index (χ4n) is 2.87. The van der Waals surface area contributed by atoms with E-state index in [0.717, 1.165) is 25.2 Å². The van der Waals surface area contributed by atoms with Crippen LogP contribution in [0.1, 0.15) is 37.8 Å². The van der Waals surface area contributed by atoms with Gasteiger partial charge in [-0.2, -0.15) is 0 Å². The number of nitrogens with one attached hydrogen (secondary N) is 1. The number of carbonyl (C=O) groups is 1. The van der Waals surface area contributed by atoms with Crippen LogP contribution in [0.4, 0.5) is 5.69 Å². The van der Waals surface area contributed by atoms with Crippen LogP contribution in [0.15, 0.2) is 18.2 Å². The summed E-state index contributed by atoms with van der Waals surface area (Å²) in [6, 6.07) is 6.01. The summed E-state index contributed by atoms with van der Waals surface area (Å²) >= 11 is 0. The van der Waals surface area contributed by atoms with Gasteiger partial charge in [0.2, 0.25) is 5.91 Å². The Morgan fingerprint density at radius 1 is 1.40 bits per heavy atom. The van der Waals surface area contributed by atoms with Gasteiger partial charge in [-0.15, -0.1) is 0 Å². The van der Waals surface area contributed by atoms with Crippen LogP contribution in [0, 0.1) is 19.8 Å². The van der Waals surface area contributed by atoms with Crippen molar-refractivity contribution in [3.63, 3.8) is 0 Å². The SMILES string of the molecule is Cc1cccc(NC(C)C(=O)N2CCCC(C)C2)c1C. The molecule has 0 aromatic heterocycles. The van der Waals surface area contributed by atoms with E-state index >= 15 is 0 Å². The van der Waals surface area contributed by atoms with Crippen molar-refractivity contribution in [2.24, 2.45) is 5.92 Å². The predicted molar refractivity (Wildman–Crippen MR) is 84.0 cm³/mol. The van der Waals surface area contributed by atoms with Gasteiger partial charge in [0.05, 0.1) is 0 Å². The molecule has 1 amide bonds. The largest absolute Gasteiger partial charge is 0.374 e. The molecule has 3 nitrogen and oxygen atoms in total. The lowest BCUT2D eigenvalue weighted by Crippen LogP contribution is -2.46. The van der Waals surface area contributed by atoms with E-state index in [1.807, 2.05) is 24.0 Å². The summed E-state index contributed by atoms with van der Waals surface area (Å²) in [5.74, 6) is 0.845. The summed E-state index contributed by atoms with van der Waals surface area (Å²) in [5.41, 5.74) is 3.54. The zero-order chi connectivity index (χ0) is 14.7. The first kappa shape index (κ1) is 14.9. The van der Waals surface area contributed by atoms with Gasteiger partial charge in [-0.05, 0) is 56.7 Å². The third-order valence-electron chi connectivity index (χ3n) is 4.32. The van der Waals surface area contributed by atoms with Gasteiger partial charge in [0.25, 0.3) is 0 Å². The number of likely N-dealkylation sites (tertiary alicyclic amines) is 1. The molecule has 2 unspecified atom stereocenters. The van der Waals surface area contributed by atoms with Crippen molar-refractivity contribution in [3.8, 4) is 0 Å². The Hall–Kier alpha value is -1.51. The maximum absolute atomic E-state index is 12.5. The van der Waals surface area contributed by atoms with E-state index in [1.165, 1.54) is 17.5 Å². The molecule has 1 aromatic carbocycles. The van der Waals surface area contributed by atoms with Crippen molar-refractivity contribution in [2.45, 2.75) is 46.6 Å². The number of hydrogen-bond donors (Lipinski definition) is 1. The molecule has 1 N–H and O–H groups in total. The average molecular weight is 274 g/mol. The highest BCUT2D eigenvalue weighted by molar-refractivity contribution is 5.84. The molecule has 0 spiro atoms. The average Bonchev–Trinajstić information content (AvgIpc) is 2.43. The Kier molecular flexibility index (Phi) is 4.69. The number of piperidine rings is 1. The molecule has 1 aliphatic heterocycles. The highest BCUT2D eigenvalue weighted by atomic mass is 16.2. The van der Waals surface area contributed by atoms with E-state index in [4.69, 9.17) is 0 Å². The summed E-state index contributed by atoms with van der Waals surface area (Å²) in [6.45, 7) is 10.2. The molecule has 0 saturated carbocycles. The fourth-order valence-corrected chi connectivity index (χ4v) is 2.87. The summed E-state index contributed by atoms with van der Waals surface area (Å²) in [6.07, 6.45) is 2.37. The number of aryl methyl sites for hydroxylation is 1. The van der Waals surface area contributed by atoms with Crippen LogP contribution >= 0.6 is 0 Å². The van der Waals surface area contributed by atoms with Gasteiger partial charge in [-0.3, -0.25) is 4.79 Å². The molecule has 1 saturated heterocycles. The van der Waals surface area contributed by atoms with E-state index in [2.05, 4.69) is 32.2 Å². The van der Waals surface area contributed by atoms with Crippen LogP contribution in [-0.2, 0) is 4.79 Å². The number of hydrogen-bond acceptors (Lipinski definition) is 2. The first-order chi connectivity index (χ1) is 9.49. The maximum Gasteiger partial charge on any atom is 0.244 e. The van der Waals surface area contributed by atoms with E-state index in [-0.39, 0.29) is 11.9 Å². The second kappa shape index (κ2) is 6.29. The lowest BCUT2D eigenvalue weighted by molar-refractivity contribution is -0.133. The van der Waals surface area contributed by atoms with Crippen molar-refractivity contribution in [3.05, 3.63) is 29.3 Å². The van der Waals surface area contributed by atoms with Gasteiger partial charge in [0, 0.05) is 18.8 Å². The monoisotopic (exact) mass is 274 g/mol. The zero-order valence-corrected chi connectivity index (χ0v) is 13.1. The van der Waals surface area contributed by atoms with Gasteiger partial charge in [0.1, 0.15) is 6.04 Å². The Bertz CT molecular complexity index is 484. The lowest BCUT2D eigenvalue weighted by Gasteiger charge is -2.33. The quantitative estimate of drug-likeness (QED) is 0.916. The molecule has 1 heterocycles. The van der Waals surface area contributed by atoms with Crippen molar-refractivity contribution < 1.29 is 4.79 Å². The first-order valence-corrected chi connectivity index (χ1v) is 7.60. The van der Waals surface area contributed by atoms with Gasteiger partial charge in [0.15, 0.2) is 0 Å². The Balaban J connectivity index is 2.02. The number of benzene rings is 1. The molecule has 1 fully saturated rings. The highest BCUT2D eigenvalue weighted by Crippen LogP contribution is 2.21. The molecule has 1 aliphatic rings. The molecule has 110 valence electrons. The van der Waals surface area contributed by atoms with Crippen molar-refractivity contribution in [1.82, 2.24) is 4.90 Å². The number of rotatable bonds is 3. The number of amides is 1. The summed E-state index contributed by atoms with van der Waals surface area (Å²) in [4.78, 5) is 14.5. The second-order valence-corrected chi connectivity index (χ2v) is 6.15. The van der Waals surface area contributed by atoms with E-state index in [1.54, 1.807) is 0 Å². The molecular weight excluding hydrogens is 248 g/mol. The molecular formula is C17H26N2O. The number of anilines is 1. The summed E-state index contributed by atoms with van der Waals surface area (Å²) in [5, 5.41) is 3.37. The zero-order valence-electron chi connectivity index (χ0n) is 13.1. The predicted octanol–water partition coefficient (Wildman–Crippen LogP) is 3.36. The van der Waals surface area contributed by atoms with Crippen molar-refractivity contribution >= 4 is 11.6 Å². The Morgan fingerprint density at radius 2 is 2.15 bits per heavy atom. The first-order valence-electron chi connectivity index (χ1n) is 7.60. The molecule has 2 rings (SSSR count). The third kappa shape index (κ3) is 3.33. The molecule has 0 aliphatic carbocycles. The van der Waals surface area contributed by atoms with Crippen LogP contribution < -0.4 is 5.32 Å². The van der Waals surface area contributed by atoms with Crippen LogP contribution in [0.25, 0.3) is 0 Å². The van der Waals surface area contributed by atoms with Crippen LogP contribution in [0.5, 0.6) is 0 Å². The van der Waals surface area contributed by atoms with E-state index < -0.39 is 0 Å². The molecule has 20 heavy (non-hydrogen) atoms. The molecule has 0 bridgehead atoms. The van der Waals surface area contributed by atoms with Crippen LogP contribution in [0.2, 0.25) is 0 Å². The minimum Gasteiger partial charge on any atom is -0.374 e. The van der Waals surface area contributed by atoms with Gasteiger partial charge in [-0.1, -0.05) is 19.1 Å². The molecule has 3 heteroatoms. The summed E-state index contributed by atoms with van der Waals surface area (Å²) < 4.78 is 0. The maximum atomic E-state index is 12.5. The lowest BCUT2D eigenvalue weighted by atomic mass is 9.99. The van der Waals surface area contributed by atoms with E-state index in [9.17, 15) is 4.79 Å². The summed E-state index contributed by atoms with van der Waals surface area (Å²) in [7, 11) is 0. The third-order valence-corrected chi connectivity index (χ3v) is 4.32. The standard InChI is InChI=1S/C17H26N2O/c1-12-7-6-10-19(11-12)17(20)15(4)18-16-9-5-8-13(2)14(16)3/h5,8-9,12,15,18H,6-7,10-11H2,1-4H3. The number of carbonyl (C=O) groups excluding carboxylic acids is 1. The van der Waals surface area contributed by atoms with E-state index in [0.29, 0.717) is 5.92 Å². The molecule has 0 radical (unpaired) electrons. The van der Waals surface area contributed by atoms with Crippen LogP contribution in [0.3, 0.4) is 0 Å². The Morgan fingerprint density at radius 3 is 2.85 bits per heavy atom. The van der Waals surface area contributed by atoms with Gasteiger partial charge >= 0.3 is 0 Å². The molecule has 1 aromatic rings. The van der Waals surface area contributed by atoms with Gasteiger partial charge in [-0.25, -0.2) is 0 Å². The topological polar surface area (TPSA) is 32.3 Å². The second-order valence-electron chi connectivity index (χ2n) is 6.15. The fraction of sp³-hybridized carbons (Fsp3) is 0.588. The minimum absolute atomic E-state index is 0.166. The highest BCUT2D eigenvalue weighted by Gasteiger charge is 2.25.